The van der Waals surface area contributed by atoms with Gasteiger partial charge in [-0.3, -0.25) is 14.8 Å². The van der Waals surface area contributed by atoms with Gasteiger partial charge < -0.3 is 0 Å². The van der Waals surface area contributed by atoms with E-state index in [0.717, 1.165) is 35.0 Å². The van der Waals surface area contributed by atoms with E-state index in [2.05, 4.69) is 10.4 Å². The maximum atomic E-state index is 13.0. The summed E-state index contributed by atoms with van der Waals surface area (Å²) in [6, 6.07) is 9.87. The number of hydrazine groups is 1. The van der Waals surface area contributed by atoms with Gasteiger partial charge in [-0.2, -0.15) is 0 Å². The van der Waals surface area contributed by atoms with E-state index in [9.17, 15) is 4.79 Å². The highest BCUT2D eigenvalue weighted by Gasteiger charge is 2.23. The van der Waals surface area contributed by atoms with Gasteiger partial charge in [0.15, 0.2) is 0 Å². The van der Waals surface area contributed by atoms with Crippen molar-refractivity contribution in [1.82, 2.24) is 9.55 Å². The average molecular weight is 349 g/mol. The van der Waals surface area contributed by atoms with Crippen molar-refractivity contribution in [3.05, 3.63) is 56.7 Å². The zero-order valence-corrected chi connectivity index (χ0v) is 14.0. The fraction of sp³-hybridized carbons (Fsp3) is 0.250. The van der Waals surface area contributed by atoms with Crippen LogP contribution in [0.5, 0.6) is 0 Å². The summed E-state index contributed by atoms with van der Waals surface area (Å²) in [6.45, 7) is 0.465. The molecule has 0 fully saturated rings. The molecule has 2 heterocycles. The number of nitrogens with two attached hydrogens (primary N) is 1. The van der Waals surface area contributed by atoms with E-state index in [1.807, 2.05) is 30.3 Å². The van der Waals surface area contributed by atoms with Crippen LogP contribution >= 0.6 is 23.7 Å². The largest absolute Gasteiger partial charge is 0.294 e. The molecule has 0 spiro atoms. The first-order valence-corrected chi connectivity index (χ1v) is 8.15. The summed E-state index contributed by atoms with van der Waals surface area (Å²) in [6.07, 6.45) is 3.17. The number of rotatable bonds is 3. The Balaban J connectivity index is 0.00000156. The molecule has 3 aromatic rings. The average Bonchev–Trinajstić information content (AvgIpc) is 3.11. The van der Waals surface area contributed by atoms with Gasteiger partial charge in [0.1, 0.15) is 4.83 Å². The number of hydrogen-bond donors (Lipinski definition) is 2. The monoisotopic (exact) mass is 348 g/mol. The molecular weight excluding hydrogens is 332 g/mol. The molecule has 1 aromatic carbocycles. The summed E-state index contributed by atoms with van der Waals surface area (Å²) in [7, 11) is 0. The number of halogens is 1. The highest BCUT2D eigenvalue weighted by Crippen LogP contribution is 2.35. The second-order valence-corrected chi connectivity index (χ2v) is 6.58. The molecule has 0 bridgehead atoms. The van der Waals surface area contributed by atoms with Gasteiger partial charge in [-0.05, 0) is 30.4 Å². The molecule has 0 radical (unpaired) electrons. The van der Waals surface area contributed by atoms with Gasteiger partial charge in [0, 0.05) is 4.88 Å². The molecule has 0 saturated heterocycles. The van der Waals surface area contributed by atoms with Gasteiger partial charge in [0.2, 0.25) is 5.95 Å². The summed E-state index contributed by atoms with van der Waals surface area (Å²) >= 11 is 1.63. The molecule has 4 rings (SSSR count). The molecule has 0 atom stereocenters. The Bertz CT molecular complexity index is 904. The molecule has 1 aliphatic rings. The second-order valence-electron chi connectivity index (χ2n) is 5.49. The van der Waals surface area contributed by atoms with Crippen LogP contribution in [0.3, 0.4) is 0 Å². The first-order valence-electron chi connectivity index (χ1n) is 7.33. The van der Waals surface area contributed by atoms with E-state index < -0.39 is 0 Å². The summed E-state index contributed by atoms with van der Waals surface area (Å²) in [4.78, 5) is 19.6. The van der Waals surface area contributed by atoms with Crippen molar-refractivity contribution in [3.8, 4) is 0 Å². The molecule has 2 aromatic heterocycles. The SMILES string of the molecule is Cl.NNc1nc2sc3c(c2c(=O)n1Cc1ccccc1)CCC3. The number of nitrogen functional groups attached to an aromatic ring is 1. The van der Waals surface area contributed by atoms with Gasteiger partial charge in [-0.1, -0.05) is 30.3 Å². The van der Waals surface area contributed by atoms with Gasteiger partial charge in [-0.25, -0.2) is 10.8 Å². The van der Waals surface area contributed by atoms with Crippen LogP contribution in [0, 0.1) is 0 Å². The molecule has 5 nitrogen and oxygen atoms in total. The van der Waals surface area contributed by atoms with Crippen LogP contribution in [0.15, 0.2) is 35.1 Å². The Labute approximate surface area is 143 Å². The Morgan fingerprint density at radius 3 is 2.78 bits per heavy atom. The van der Waals surface area contributed by atoms with Crippen molar-refractivity contribution in [3.63, 3.8) is 0 Å². The quantitative estimate of drug-likeness (QED) is 0.564. The van der Waals surface area contributed by atoms with Crippen LogP contribution in [0.1, 0.15) is 22.4 Å². The Hall–Kier alpha value is -1.89. The highest BCUT2D eigenvalue weighted by atomic mass is 35.5. The number of anilines is 1. The molecule has 3 N–H and O–H groups in total. The third kappa shape index (κ3) is 2.63. The minimum absolute atomic E-state index is 0. The summed E-state index contributed by atoms with van der Waals surface area (Å²) in [5, 5.41) is 0.785. The molecule has 0 saturated carbocycles. The standard InChI is InChI=1S/C16H16N4OS.ClH/c17-19-16-18-14-13(11-7-4-8-12(11)22-14)15(21)20(16)9-10-5-2-1-3-6-10;/h1-3,5-6H,4,7-9,17H2,(H,18,19);1H. The first-order chi connectivity index (χ1) is 10.8. The summed E-state index contributed by atoms with van der Waals surface area (Å²) < 4.78 is 1.63. The number of fused-ring (bicyclic) bond motifs is 3. The lowest BCUT2D eigenvalue weighted by atomic mass is 10.2. The van der Waals surface area contributed by atoms with Crippen LogP contribution in [0.25, 0.3) is 10.2 Å². The number of nitrogens with zero attached hydrogens (tertiary/aromatic N) is 2. The van der Waals surface area contributed by atoms with Crippen LogP contribution in [0.2, 0.25) is 0 Å². The van der Waals surface area contributed by atoms with Crippen LogP contribution < -0.4 is 16.8 Å². The van der Waals surface area contributed by atoms with Crippen molar-refractivity contribution < 1.29 is 0 Å². The molecule has 0 amide bonds. The number of hydrogen-bond acceptors (Lipinski definition) is 5. The Morgan fingerprint density at radius 1 is 1.26 bits per heavy atom. The second kappa shape index (κ2) is 6.31. The summed E-state index contributed by atoms with van der Waals surface area (Å²) in [5.74, 6) is 6.01. The molecule has 1 aliphatic carbocycles. The van der Waals surface area contributed by atoms with E-state index in [0.29, 0.717) is 12.5 Å². The molecular formula is C16H17ClN4OS. The minimum Gasteiger partial charge on any atom is -0.294 e. The number of aryl methyl sites for hydroxylation is 2. The lowest BCUT2D eigenvalue weighted by Crippen LogP contribution is -2.27. The highest BCUT2D eigenvalue weighted by molar-refractivity contribution is 7.18. The van der Waals surface area contributed by atoms with Crippen molar-refractivity contribution >= 4 is 39.9 Å². The van der Waals surface area contributed by atoms with Gasteiger partial charge in [0.25, 0.3) is 5.56 Å². The van der Waals surface area contributed by atoms with E-state index >= 15 is 0 Å². The smallest absolute Gasteiger partial charge is 0.264 e. The fourth-order valence-corrected chi connectivity index (χ4v) is 4.35. The third-order valence-electron chi connectivity index (χ3n) is 4.14. The lowest BCUT2D eigenvalue weighted by molar-refractivity contribution is 0.754. The topological polar surface area (TPSA) is 72.9 Å². The number of aromatic nitrogens is 2. The maximum Gasteiger partial charge on any atom is 0.264 e. The number of benzene rings is 1. The predicted octanol–water partition coefficient (Wildman–Crippen LogP) is 2.70. The van der Waals surface area contributed by atoms with Crippen LogP contribution in [-0.4, -0.2) is 9.55 Å². The van der Waals surface area contributed by atoms with Crippen LogP contribution in [0.4, 0.5) is 5.95 Å². The predicted molar refractivity (Wildman–Crippen MR) is 96.5 cm³/mol. The number of nitrogens with one attached hydrogen (secondary N) is 1. The van der Waals surface area contributed by atoms with Crippen LogP contribution in [-0.2, 0) is 19.4 Å². The van der Waals surface area contributed by atoms with E-state index in [4.69, 9.17) is 5.84 Å². The van der Waals surface area contributed by atoms with Crippen molar-refractivity contribution in [1.29, 1.82) is 0 Å². The number of thiophene rings is 1. The first kappa shape index (κ1) is 16.0. The summed E-state index contributed by atoms with van der Waals surface area (Å²) in [5.41, 5.74) is 4.82. The zero-order chi connectivity index (χ0) is 15.1. The molecule has 0 aliphatic heterocycles. The van der Waals surface area contributed by atoms with E-state index in [1.54, 1.807) is 15.9 Å². The Morgan fingerprint density at radius 2 is 2.04 bits per heavy atom. The molecule has 120 valence electrons. The van der Waals surface area contributed by atoms with Gasteiger partial charge >= 0.3 is 0 Å². The van der Waals surface area contributed by atoms with Gasteiger partial charge in [0.05, 0.1) is 11.9 Å². The normalized spacial score (nSPS) is 12.9. The maximum absolute atomic E-state index is 13.0. The lowest BCUT2D eigenvalue weighted by Gasteiger charge is -2.11. The van der Waals surface area contributed by atoms with Crippen molar-refractivity contribution in [2.24, 2.45) is 5.84 Å². The fourth-order valence-electron chi connectivity index (χ4n) is 3.10. The van der Waals surface area contributed by atoms with Crippen molar-refractivity contribution in [2.75, 3.05) is 5.43 Å². The molecule has 23 heavy (non-hydrogen) atoms. The van der Waals surface area contributed by atoms with E-state index in [1.165, 1.54) is 10.4 Å². The van der Waals surface area contributed by atoms with Gasteiger partial charge in [-0.15, -0.1) is 23.7 Å². The van der Waals surface area contributed by atoms with E-state index in [-0.39, 0.29) is 18.0 Å². The third-order valence-corrected chi connectivity index (χ3v) is 5.32. The van der Waals surface area contributed by atoms with Crippen molar-refractivity contribution in [2.45, 2.75) is 25.8 Å². The minimum atomic E-state index is 0. The molecule has 0 unspecified atom stereocenters. The zero-order valence-electron chi connectivity index (χ0n) is 12.4. The Kier molecular flexibility index (Phi) is 4.39. The molecule has 7 heteroatoms.